The van der Waals surface area contributed by atoms with Crippen molar-refractivity contribution < 1.29 is 9.90 Å². The van der Waals surface area contributed by atoms with Crippen molar-refractivity contribution in [3.05, 3.63) is 29.8 Å². The number of guanidine groups is 1. The van der Waals surface area contributed by atoms with Crippen LogP contribution < -0.4 is 16.0 Å². The minimum Gasteiger partial charge on any atom is -0.508 e. The summed E-state index contributed by atoms with van der Waals surface area (Å²) >= 11 is 0. The van der Waals surface area contributed by atoms with Gasteiger partial charge in [-0.25, -0.2) is 0 Å². The summed E-state index contributed by atoms with van der Waals surface area (Å²) in [4.78, 5) is 16.4. The van der Waals surface area contributed by atoms with Crippen molar-refractivity contribution in [3.8, 4) is 5.75 Å². The van der Waals surface area contributed by atoms with E-state index in [2.05, 4.69) is 27.9 Å². The summed E-state index contributed by atoms with van der Waals surface area (Å²) in [5.74, 6) is 0.730. The minimum absolute atomic E-state index is 0. The van der Waals surface area contributed by atoms with Crippen LogP contribution >= 0.6 is 24.0 Å². The van der Waals surface area contributed by atoms with Crippen molar-refractivity contribution in [3.63, 3.8) is 0 Å². The summed E-state index contributed by atoms with van der Waals surface area (Å²) < 4.78 is 0. The fourth-order valence-electron chi connectivity index (χ4n) is 1.95. The lowest BCUT2D eigenvalue weighted by Gasteiger charge is -2.10. The van der Waals surface area contributed by atoms with Crippen LogP contribution in [0.5, 0.6) is 5.75 Å². The van der Waals surface area contributed by atoms with Crippen molar-refractivity contribution in [2.24, 2.45) is 4.99 Å². The molecule has 6 nitrogen and oxygen atoms in total. The number of nitrogens with zero attached hydrogens (tertiary/aromatic N) is 1. The fourth-order valence-corrected chi connectivity index (χ4v) is 1.95. The molecule has 0 saturated carbocycles. The lowest BCUT2D eigenvalue weighted by atomic mass is 10.2. The summed E-state index contributed by atoms with van der Waals surface area (Å²) in [6.45, 7) is 7.12. The summed E-state index contributed by atoms with van der Waals surface area (Å²) in [7, 11) is 0. The lowest BCUT2D eigenvalue weighted by molar-refractivity contribution is 0.0953. The van der Waals surface area contributed by atoms with E-state index in [0.717, 1.165) is 38.3 Å². The lowest BCUT2D eigenvalue weighted by Crippen LogP contribution is -2.38. The average molecular weight is 448 g/mol. The maximum atomic E-state index is 11.9. The van der Waals surface area contributed by atoms with E-state index in [4.69, 9.17) is 0 Å². The van der Waals surface area contributed by atoms with Crippen LogP contribution in [0, 0.1) is 0 Å². The number of hydrogen-bond acceptors (Lipinski definition) is 3. The molecular formula is C17H29IN4O2. The number of unbranched alkanes of at least 4 members (excludes halogenated alkanes) is 1. The number of hydrogen-bond donors (Lipinski definition) is 4. The largest absolute Gasteiger partial charge is 0.508 e. The van der Waals surface area contributed by atoms with Crippen molar-refractivity contribution in [2.75, 3.05) is 26.2 Å². The van der Waals surface area contributed by atoms with Gasteiger partial charge in [-0.3, -0.25) is 9.79 Å². The Labute approximate surface area is 161 Å². The fraction of sp³-hybridized carbons (Fsp3) is 0.529. The Balaban J connectivity index is 0.00000529. The SMILES string of the molecule is CCCCNC(=NCCCNC(=O)c1cccc(O)c1)NCC.I. The number of phenolic OH excluding ortho intramolecular Hbond substituents is 1. The van der Waals surface area contributed by atoms with Crippen molar-refractivity contribution in [1.82, 2.24) is 16.0 Å². The number of phenols is 1. The number of rotatable bonds is 9. The molecule has 0 spiro atoms. The molecule has 0 atom stereocenters. The zero-order chi connectivity index (χ0) is 16.9. The molecule has 1 aromatic carbocycles. The monoisotopic (exact) mass is 448 g/mol. The molecule has 0 aromatic heterocycles. The molecule has 1 aromatic rings. The van der Waals surface area contributed by atoms with Gasteiger partial charge in [0, 0.05) is 31.7 Å². The summed E-state index contributed by atoms with van der Waals surface area (Å²) in [6.07, 6.45) is 3.02. The maximum Gasteiger partial charge on any atom is 0.251 e. The van der Waals surface area contributed by atoms with Crippen LogP contribution in [0.2, 0.25) is 0 Å². The van der Waals surface area contributed by atoms with Crippen LogP contribution in [0.3, 0.4) is 0 Å². The van der Waals surface area contributed by atoms with Gasteiger partial charge < -0.3 is 21.1 Å². The molecule has 0 heterocycles. The van der Waals surface area contributed by atoms with E-state index >= 15 is 0 Å². The third-order valence-corrected chi connectivity index (χ3v) is 3.17. The number of benzene rings is 1. The second kappa shape index (κ2) is 13.9. The molecule has 7 heteroatoms. The molecule has 0 radical (unpaired) electrons. The Bertz CT molecular complexity index is 509. The Morgan fingerprint density at radius 2 is 1.88 bits per heavy atom. The second-order valence-corrected chi connectivity index (χ2v) is 5.20. The molecule has 0 bridgehead atoms. The van der Waals surface area contributed by atoms with Crippen molar-refractivity contribution >= 4 is 35.8 Å². The van der Waals surface area contributed by atoms with Crippen LogP contribution in [-0.2, 0) is 0 Å². The molecule has 136 valence electrons. The summed E-state index contributed by atoms with van der Waals surface area (Å²) in [5, 5.41) is 18.7. The average Bonchev–Trinajstić information content (AvgIpc) is 2.54. The topological polar surface area (TPSA) is 85.8 Å². The predicted molar refractivity (Wildman–Crippen MR) is 109 cm³/mol. The van der Waals surface area contributed by atoms with Gasteiger partial charge in [0.05, 0.1) is 0 Å². The first-order valence-electron chi connectivity index (χ1n) is 8.26. The first-order valence-corrected chi connectivity index (χ1v) is 8.26. The highest BCUT2D eigenvalue weighted by Gasteiger charge is 2.04. The number of halogens is 1. The van der Waals surface area contributed by atoms with Crippen molar-refractivity contribution in [2.45, 2.75) is 33.1 Å². The van der Waals surface area contributed by atoms with Gasteiger partial charge in [-0.2, -0.15) is 0 Å². The highest BCUT2D eigenvalue weighted by atomic mass is 127. The molecule has 1 rings (SSSR count). The predicted octanol–water partition coefficient (Wildman–Crippen LogP) is 2.49. The zero-order valence-electron chi connectivity index (χ0n) is 14.5. The highest BCUT2D eigenvalue weighted by molar-refractivity contribution is 14.0. The van der Waals surface area contributed by atoms with E-state index in [1.54, 1.807) is 18.2 Å². The van der Waals surface area contributed by atoms with Gasteiger partial charge in [-0.1, -0.05) is 19.4 Å². The normalized spacial score (nSPS) is 10.7. The van der Waals surface area contributed by atoms with Gasteiger partial charge in [0.1, 0.15) is 5.75 Å². The number of carbonyl (C=O) groups excluding carboxylic acids is 1. The van der Waals surface area contributed by atoms with Gasteiger partial charge in [-0.15, -0.1) is 24.0 Å². The zero-order valence-corrected chi connectivity index (χ0v) is 16.8. The quantitative estimate of drug-likeness (QED) is 0.202. The van der Waals surface area contributed by atoms with Gasteiger partial charge >= 0.3 is 0 Å². The van der Waals surface area contributed by atoms with Gasteiger partial charge in [0.25, 0.3) is 5.91 Å². The molecule has 0 aliphatic carbocycles. The van der Waals surface area contributed by atoms with E-state index in [-0.39, 0.29) is 35.6 Å². The molecule has 1 amide bonds. The molecule has 24 heavy (non-hydrogen) atoms. The molecule has 0 aliphatic rings. The molecular weight excluding hydrogens is 419 g/mol. The first kappa shape index (κ1) is 22.5. The van der Waals surface area contributed by atoms with E-state index in [1.807, 2.05) is 6.92 Å². The third kappa shape index (κ3) is 9.59. The number of aromatic hydroxyl groups is 1. The number of amides is 1. The van der Waals surface area contributed by atoms with Gasteiger partial charge in [0.15, 0.2) is 5.96 Å². The number of nitrogens with one attached hydrogen (secondary N) is 3. The Morgan fingerprint density at radius 1 is 1.12 bits per heavy atom. The van der Waals surface area contributed by atoms with E-state index in [0.29, 0.717) is 18.7 Å². The van der Waals surface area contributed by atoms with Crippen molar-refractivity contribution in [1.29, 1.82) is 0 Å². The molecule has 0 unspecified atom stereocenters. The number of carbonyl (C=O) groups is 1. The third-order valence-electron chi connectivity index (χ3n) is 3.17. The smallest absolute Gasteiger partial charge is 0.251 e. The Kier molecular flexibility index (Phi) is 13.0. The van der Waals surface area contributed by atoms with Gasteiger partial charge in [-0.05, 0) is 38.0 Å². The molecule has 4 N–H and O–H groups in total. The Hall–Kier alpha value is -1.51. The van der Waals surface area contributed by atoms with Gasteiger partial charge in [0.2, 0.25) is 0 Å². The molecule has 0 saturated heterocycles. The molecule has 0 aliphatic heterocycles. The molecule has 0 fully saturated rings. The summed E-state index contributed by atoms with van der Waals surface area (Å²) in [5.41, 5.74) is 0.461. The minimum atomic E-state index is -0.183. The maximum absolute atomic E-state index is 11.9. The Morgan fingerprint density at radius 3 is 2.54 bits per heavy atom. The van der Waals surface area contributed by atoms with Crippen LogP contribution in [0.4, 0.5) is 0 Å². The highest BCUT2D eigenvalue weighted by Crippen LogP contribution is 2.10. The van der Waals surface area contributed by atoms with Crippen LogP contribution in [0.1, 0.15) is 43.5 Å². The van der Waals surface area contributed by atoms with Crippen LogP contribution in [0.25, 0.3) is 0 Å². The van der Waals surface area contributed by atoms with E-state index in [9.17, 15) is 9.90 Å². The van der Waals surface area contributed by atoms with E-state index < -0.39 is 0 Å². The standard InChI is InChI=1S/C17H28N4O2.HI/c1-3-5-10-20-17(18-4-2)21-12-7-11-19-16(23)14-8-6-9-15(22)13-14;/h6,8-9,13,22H,3-5,7,10-12H2,1-2H3,(H,19,23)(H2,18,20,21);1H. The first-order chi connectivity index (χ1) is 11.2. The second-order valence-electron chi connectivity index (χ2n) is 5.20. The van der Waals surface area contributed by atoms with Crippen LogP contribution in [0.15, 0.2) is 29.3 Å². The van der Waals surface area contributed by atoms with Crippen LogP contribution in [-0.4, -0.2) is 43.2 Å². The van der Waals surface area contributed by atoms with E-state index in [1.165, 1.54) is 6.07 Å². The summed E-state index contributed by atoms with van der Waals surface area (Å²) in [6, 6.07) is 6.32. The number of aliphatic imine (C=N–C) groups is 1.